The maximum absolute atomic E-state index is 10.8. The third-order valence-electron chi connectivity index (χ3n) is 1.63. The average molecular weight is 253 g/mol. The fraction of sp³-hybridized carbons (Fsp3) is 0.714. The van der Waals surface area contributed by atoms with Crippen LogP contribution < -0.4 is 0 Å². The highest BCUT2D eigenvalue weighted by atomic mass is 79.9. The minimum Gasteiger partial charge on any atom is -0.481 e. The van der Waals surface area contributed by atoms with Crippen LogP contribution in [-0.4, -0.2) is 34.8 Å². The number of rotatable bonds is 3. The third kappa shape index (κ3) is 3.22. The average Bonchev–Trinajstić information content (AvgIpc) is 2.01. The molecular weight excluding hydrogens is 244 g/mol. The number of hydrogen-bond acceptors (Lipinski definition) is 4. The monoisotopic (exact) mass is 252 g/mol. The molecule has 0 saturated carbocycles. The van der Waals surface area contributed by atoms with Crippen molar-refractivity contribution in [1.82, 2.24) is 0 Å². The smallest absolute Gasteiger partial charge is 0.481 e. The second-order valence-electron chi connectivity index (χ2n) is 2.72. The van der Waals surface area contributed by atoms with Gasteiger partial charge in [-0.05, 0) is 0 Å². The van der Waals surface area contributed by atoms with Crippen molar-refractivity contribution in [3.8, 4) is 0 Å². The lowest BCUT2D eigenvalue weighted by atomic mass is 10.1. The highest BCUT2D eigenvalue weighted by molar-refractivity contribution is 9.09. The first-order chi connectivity index (χ1) is 6.11. The van der Waals surface area contributed by atoms with Crippen LogP contribution in [0.2, 0.25) is 0 Å². The van der Waals surface area contributed by atoms with E-state index in [2.05, 4.69) is 20.7 Å². The van der Waals surface area contributed by atoms with E-state index in [1.54, 1.807) is 0 Å². The molecule has 1 saturated heterocycles. The van der Waals surface area contributed by atoms with E-state index in [4.69, 9.17) is 9.84 Å². The molecule has 2 atom stereocenters. The zero-order chi connectivity index (χ0) is 9.84. The van der Waals surface area contributed by atoms with Crippen LogP contribution in [0.15, 0.2) is 0 Å². The number of halogens is 1. The first-order valence-corrected chi connectivity index (χ1v) is 4.89. The zero-order valence-corrected chi connectivity index (χ0v) is 8.32. The van der Waals surface area contributed by atoms with Gasteiger partial charge >= 0.3 is 12.1 Å². The summed E-state index contributed by atoms with van der Waals surface area (Å²) in [6.07, 6.45) is -1.39. The molecule has 0 unspecified atom stereocenters. The molecule has 74 valence electrons. The van der Waals surface area contributed by atoms with Crippen LogP contribution in [0, 0.1) is 0 Å². The van der Waals surface area contributed by atoms with Crippen LogP contribution in [0.4, 0.5) is 4.79 Å². The van der Waals surface area contributed by atoms with E-state index in [0.29, 0.717) is 11.8 Å². The molecule has 1 aliphatic rings. The maximum Gasteiger partial charge on any atom is 0.508 e. The van der Waals surface area contributed by atoms with Gasteiger partial charge in [0, 0.05) is 11.8 Å². The molecule has 6 heteroatoms. The van der Waals surface area contributed by atoms with E-state index in [1.807, 2.05) is 0 Å². The molecule has 0 radical (unpaired) electrons. The first-order valence-electron chi connectivity index (χ1n) is 3.77. The van der Waals surface area contributed by atoms with Gasteiger partial charge in [-0.3, -0.25) is 4.79 Å². The summed E-state index contributed by atoms with van der Waals surface area (Å²) in [6, 6.07) is 0. The maximum atomic E-state index is 10.8. The van der Waals surface area contributed by atoms with E-state index >= 15 is 0 Å². The molecular formula is C7H9BrO5. The molecule has 0 aromatic rings. The van der Waals surface area contributed by atoms with Crippen molar-refractivity contribution in [3.63, 3.8) is 0 Å². The zero-order valence-electron chi connectivity index (χ0n) is 6.73. The Bertz CT molecular complexity index is 215. The fourth-order valence-corrected chi connectivity index (χ4v) is 1.50. The van der Waals surface area contributed by atoms with E-state index in [1.165, 1.54) is 0 Å². The standard InChI is InChI=1S/C7H9BrO5/c8-3-5-1-4(2-6(9)10)12-7(11)13-5/h4-5H,1-3H2,(H,9,10)/t4-,5+/m1/s1. The number of aliphatic carboxylic acids is 1. The van der Waals surface area contributed by atoms with Crippen molar-refractivity contribution < 1.29 is 24.2 Å². The molecule has 1 aliphatic heterocycles. The summed E-state index contributed by atoms with van der Waals surface area (Å²) in [5.41, 5.74) is 0. The molecule has 1 heterocycles. The van der Waals surface area contributed by atoms with Gasteiger partial charge in [-0.2, -0.15) is 0 Å². The third-order valence-corrected chi connectivity index (χ3v) is 2.35. The quantitative estimate of drug-likeness (QED) is 0.603. The molecule has 1 fully saturated rings. The molecule has 0 amide bonds. The van der Waals surface area contributed by atoms with Gasteiger partial charge in [0.25, 0.3) is 0 Å². The Hall–Kier alpha value is -0.780. The molecule has 5 nitrogen and oxygen atoms in total. The Kier molecular flexibility index (Phi) is 3.53. The second kappa shape index (κ2) is 4.45. The minimum absolute atomic E-state index is 0.168. The molecule has 0 bridgehead atoms. The summed E-state index contributed by atoms with van der Waals surface area (Å²) in [7, 11) is 0. The van der Waals surface area contributed by atoms with Gasteiger partial charge in [0.2, 0.25) is 0 Å². The summed E-state index contributed by atoms with van der Waals surface area (Å²) >= 11 is 3.15. The number of carboxylic acids is 1. The van der Waals surface area contributed by atoms with Gasteiger partial charge in [-0.1, -0.05) is 15.9 Å². The van der Waals surface area contributed by atoms with E-state index in [9.17, 15) is 9.59 Å². The minimum atomic E-state index is -0.979. The fourth-order valence-electron chi connectivity index (χ4n) is 1.10. The van der Waals surface area contributed by atoms with Gasteiger partial charge in [0.05, 0.1) is 6.42 Å². The van der Waals surface area contributed by atoms with Crippen LogP contribution in [0.5, 0.6) is 0 Å². The summed E-state index contributed by atoms with van der Waals surface area (Å²) < 4.78 is 9.41. The normalized spacial score (nSPS) is 27.6. The second-order valence-corrected chi connectivity index (χ2v) is 3.37. The number of carbonyl (C=O) groups is 2. The summed E-state index contributed by atoms with van der Waals surface area (Å²) in [4.78, 5) is 21.1. The molecule has 1 rings (SSSR count). The van der Waals surface area contributed by atoms with Gasteiger partial charge in [-0.15, -0.1) is 0 Å². The molecule has 1 N–H and O–H groups in total. The number of hydrogen-bond donors (Lipinski definition) is 1. The van der Waals surface area contributed by atoms with Gasteiger partial charge in [0.15, 0.2) is 0 Å². The predicted molar refractivity (Wildman–Crippen MR) is 45.8 cm³/mol. The Morgan fingerprint density at radius 1 is 1.54 bits per heavy atom. The van der Waals surface area contributed by atoms with Crippen molar-refractivity contribution in [1.29, 1.82) is 0 Å². The summed E-state index contributed by atoms with van der Waals surface area (Å²) in [5.74, 6) is -0.979. The van der Waals surface area contributed by atoms with E-state index in [0.717, 1.165) is 0 Å². The van der Waals surface area contributed by atoms with Crippen molar-refractivity contribution >= 4 is 28.1 Å². The lowest BCUT2D eigenvalue weighted by molar-refractivity contribution is -0.141. The lowest BCUT2D eigenvalue weighted by Gasteiger charge is -2.26. The van der Waals surface area contributed by atoms with Crippen LogP contribution in [0.1, 0.15) is 12.8 Å². The van der Waals surface area contributed by atoms with Crippen molar-refractivity contribution in [2.75, 3.05) is 5.33 Å². The number of ether oxygens (including phenoxy) is 2. The van der Waals surface area contributed by atoms with Gasteiger partial charge in [-0.25, -0.2) is 4.79 Å². The SMILES string of the molecule is O=C(O)C[C@H]1C[C@@H](CBr)OC(=O)O1. The Labute approximate surface area is 83.1 Å². The highest BCUT2D eigenvalue weighted by Gasteiger charge is 2.30. The number of alkyl halides is 1. The summed E-state index contributed by atoms with van der Waals surface area (Å²) in [5, 5.41) is 8.97. The lowest BCUT2D eigenvalue weighted by Crippen LogP contribution is -2.36. The predicted octanol–water partition coefficient (Wildman–Crippen LogP) is 1.15. The number of carbonyl (C=O) groups excluding carboxylic acids is 1. The van der Waals surface area contributed by atoms with Gasteiger partial charge < -0.3 is 14.6 Å². The summed E-state index contributed by atoms with van der Waals surface area (Å²) in [6.45, 7) is 0. The van der Waals surface area contributed by atoms with Crippen LogP contribution in [0.25, 0.3) is 0 Å². The Balaban J connectivity index is 2.47. The van der Waals surface area contributed by atoms with Crippen molar-refractivity contribution in [3.05, 3.63) is 0 Å². The number of cyclic esters (lactones) is 2. The van der Waals surface area contributed by atoms with Crippen molar-refractivity contribution in [2.24, 2.45) is 0 Å². The van der Waals surface area contributed by atoms with E-state index < -0.39 is 18.2 Å². The molecule has 0 spiro atoms. The topological polar surface area (TPSA) is 72.8 Å². The Morgan fingerprint density at radius 2 is 2.15 bits per heavy atom. The number of carboxylic acid groups (broad SMARTS) is 1. The molecule has 0 aromatic heterocycles. The molecule has 0 aliphatic carbocycles. The van der Waals surface area contributed by atoms with Crippen molar-refractivity contribution in [2.45, 2.75) is 25.0 Å². The van der Waals surface area contributed by atoms with E-state index in [-0.39, 0.29) is 12.5 Å². The van der Waals surface area contributed by atoms with Gasteiger partial charge in [0.1, 0.15) is 12.2 Å². The molecule has 0 aromatic carbocycles. The Morgan fingerprint density at radius 3 is 2.69 bits per heavy atom. The largest absolute Gasteiger partial charge is 0.508 e. The first kappa shape index (κ1) is 10.3. The van der Waals surface area contributed by atoms with Crippen LogP contribution in [-0.2, 0) is 14.3 Å². The molecule has 13 heavy (non-hydrogen) atoms. The van der Waals surface area contributed by atoms with Crippen LogP contribution in [0.3, 0.4) is 0 Å². The van der Waals surface area contributed by atoms with Crippen LogP contribution >= 0.6 is 15.9 Å². The highest BCUT2D eigenvalue weighted by Crippen LogP contribution is 2.19.